The van der Waals surface area contributed by atoms with Gasteiger partial charge in [0.05, 0.1) is 10.5 Å². The highest BCUT2D eigenvalue weighted by molar-refractivity contribution is 14.0. The van der Waals surface area contributed by atoms with E-state index in [1.54, 1.807) is 13.8 Å². The maximum Gasteiger partial charge on any atom is 0.194 e. The second-order valence-corrected chi connectivity index (χ2v) is 10.2. The highest BCUT2D eigenvalue weighted by atomic mass is 127. The van der Waals surface area contributed by atoms with Crippen LogP contribution in [0.15, 0.2) is 23.2 Å². The van der Waals surface area contributed by atoms with E-state index in [-0.39, 0.29) is 29.7 Å². The van der Waals surface area contributed by atoms with Crippen LogP contribution in [0.5, 0.6) is 0 Å². The SMILES string of the molecule is CCNC(=NCCc1cc(C)cc(C)c1)N1CCS(=O)(=O)C(C)(C)C1.I. The number of nitrogens with zero attached hydrogens (tertiary/aromatic N) is 2. The Morgan fingerprint density at radius 3 is 2.38 bits per heavy atom. The minimum Gasteiger partial charge on any atom is -0.357 e. The number of nitrogens with one attached hydrogen (secondary N) is 1. The molecule has 0 unspecified atom stereocenters. The summed E-state index contributed by atoms with van der Waals surface area (Å²) in [4.78, 5) is 6.82. The van der Waals surface area contributed by atoms with Crippen LogP contribution in [0.2, 0.25) is 0 Å². The molecule has 1 heterocycles. The molecule has 1 fully saturated rings. The van der Waals surface area contributed by atoms with Crippen molar-refractivity contribution in [3.8, 4) is 0 Å². The largest absolute Gasteiger partial charge is 0.357 e. The van der Waals surface area contributed by atoms with E-state index < -0.39 is 14.6 Å². The lowest BCUT2D eigenvalue weighted by Crippen LogP contribution is -2.57. The first kappa shape index (κ1) is 23.2. The summed E-state index contributed by atoms with van der Waals surface area (Å²) in [5.41, 5.74) is 3.83. The zero-order valence-corrected chi connectivity index (χ0v) is 19.6. The van der Waals surface area contributed by atoms with Crippen molar-refractivity contribution < 1.29 is 8.42 Å². The van der Waals surface area contributed by atoms with Crippen molar-refractivity contribution in [2.75, 3.05) is 31.9 Å². The van der Waals surface area contributed by atoms with Crippen molar-refractivity contribution in [3.05, 3.63) is 34.9 Å². The quantitative estimate of drug-likeness (QED) is 0.398. The van der Waals surface area contributed by atoms with Crippen LogP contribution in [0.4, 0.5) is 0 Å². The number of guanidine groups is 1. The zero-order valence-electron chi connectivity index (χ0n) is 16.5. The average molecular weight is 493 g/mol. The minimum absolute atomic E-state index is 0. The number of aryl methyl sites for hydroxylation is 2. The Kier molecular flexibility index (Phi) is 8.38. The Balaban J connectivity index is 0.00000338. The lowest BCUT2D eigenvalue weighted by atomic mass is 10.1. The molecule has 1 aliphatic heterocycles. The third kappa shape index (κ3) is 5.84. The minimum atomic E-state index is -3.04. The normalized spacial score (nSPS) is 19.0. The van der Waals surface area contributed by atoms with Crippen LogP contribution in [-0.2, 0) is 16.3 Å². The van der Waals surface area contributed by atoms with Gasteiger partial charge in [-0.3, -0.25) is 4.99 Å². The van der Waals surface area contributed by atoms with E-state index in [1.165, 1.54) is 16.7 Å². The van der Waals surface area contributed by atoms with E-state index in [9.17, 15) is 8.42 Å². The van der Waals surface area contributed by atoms with E-state index in [4.69, 9.17) is 4.99 Å². The fraction of sp³-hybridized carbons (Fsp3) is 0.632. The van der Waals surface area contributed by atoms with Crippen LogP contribution in [0.25, 0.3) is 0 Å². The molecule has 0 aromatic heterocycles. The van der Waals surface area contributed by atoms with Crippen LogP contribution in [0, 0.1) is 13.8 Å². The topological polar surface area (TPSA) is 61.8 Å². The third-order valence-electron chi connectivity index (χ3n) is 4.62. The molecule has 1 aromatic carbocycles. The Bertz CT molecular complexity index is 725. The molecule has 0 bridgehead atoms. The van der Waals surface area contributed by atoms with Crippen molar-refractivity contribution in [1.82, 2.24) is 10.2 Å². The van der Waals surface area contributed by atoms with Gasteiger partial charge in [-0.1, -0.05) is 29.3 Å². The number of sulfone groups is 1. The molecule has 26 heavy (non-hydrogen) atoms. The molecule has 7 heteroatoms. The van der Waals surface area contributed by atoms with E-state index >= 15 is 0 Å². The van der Waals surface area contributed by atoms with Crippen LogP contribution in [0.1, 0.15) is 37.5 Å². The summed E-state index contributed by atoms with van der Waals surface area (Å²) in [6, 6.07) is 6.57. The predicted octanol–water partition coefficient (Wildman–Crippen LogP) is 2.94. The molecular formula is C19H32IN3O2S. The van der Waals surface area contributed by atoms with Crippen molar-refractivity contribution >= 4 is 39.8 Å². The maximum atomic E-state index is 12.2. The number of halogens is 1. The standard InChI is InChI=1S/C19H31N3O2S.HI/c1-6-20-18(22-9-10-25(23,24)19(4,5)14-22)21-8-7-17-12-15(2)11-16(3)13-17;/h11-13H,6-10,14H2,1-5H3,(H,20,21);1H. The van der Waals surface area contributed by atoms with Gasteiger partial charge in [-0.2, -0.15) is 0 Å². The molecular weight excluding hydrogens is 461 g/mol. The van der Waals surface area contributed by atoms with Gasteiger partial charge in [-0.05, 0) is 46.6 Å². The maximum absolute atomic E-state index is 12.2. The molecule has 0 radical (unpaired) electrons. The fourth-order valence-corrected chi connectivity index (χ4v) is 4.62. The summed E-state index contributed by atoms with van der Waals surface area (Å²) < 4.78 is 23.7. The molecule has 5 nitrogen and oxygen atoms in total. The Morgan fingerprint density at radius 2 is 1.85 bits per heavy atom. The molecule has 148 valence electrons. The Hall–Kier alpha value is -0.830. The summed E-state index contributed by atoms with van der Waals surface area (Å²) in [6.07, 6.45) is 0.882. The number of hydrogen-bond donors (Lipinski definition) is 1. The zero-order chi connectivity index (χ0) is 18.7. The molecule has 0 amide bonds. The Labute approximate surface area is 175 Å². The number of hydrogen-bond acceptors (Lipinski definition) is 3. The molecule has 2 rings (SSSR count). The van der Waals surface area contributed by atoms with Gasteiger partial charge in [-0.25, -0.2) is 8.42 Å². The molecule has 0 spiro atoms. The monoisotopic (exact) mass is 493 g/mol. The first-order valence-electron chi connectivity index (χ1n) is 8.97. The van der Waals surface area contributed by atoms with Crippen molar-refractivity contribution in [2.24, 2.45) is 4.99 Å². The molecule has 1 saturated heterocycles. The fourth-order valence-electron chi connectivity index (χ4n) is 3.25. The molecule has 1 N–H and O–H groups in total. The highest BCUT2D eigenvalue weighted by Gasteiger charge is 2.40. The smallest absolute Gasteiger partial charge is 0.194 e. The first-order chi connectivity index (χ1) is 11.6. The molecule has 1 aromatic rings. The van der Waals surface area contributed by atoms with E-state index in [1.807, 2.05) is 6.92 Å². The lowest BCUT2D eigenvalue weighted by molar-refractivity contribution is 0.353. The van der Waals surface area contributed by atoms with E-state index in [2.05, 4.69) is 42.3 Å². The Morgan fingerprint density at radius 1 is 1.23 bits per heavy atom. The first-order valence-corrected chi connectivity index (χ1v) is 10.6. The van der Waals surface area contributed by atoms with Gasteiger partial charge in [0.25, 0.3) is 0 Å². The van der Waals surface area contributed by atoms with Gasteiger partial charge < -0.3 is 10.2 Å². The molecule has 1 aliphatic rings. The van der Waals surface area contributed by atoms with E-state index in [0.29, 0.717) is 19.6 Å². The van der Waals surface area contributed by atoms with E-state index in [0.717, 1.165) is 18.9 Å². The summed E-state index contributed by atoms with van der Waals surface area (Å²) in [7, 11) is -3.04. The number of benzene rings is 1. The van der Waals surface area contributed by atoms with Crippen LogP contribution in [0.3, 0.4) is 0 Å². The lowest BCUT2D eigenvalue weighted by Gasteiger charge is -2.39. The second kappa shape index (κ2) is 9.39. The van der Waals surface area contributed by atoms with Crippen LogP contribution >= 0.6 is 24.0 Å². The van der Waals surface area contributed by atoms with Crippen LogP contribution in [-0.4, -0.2) is 56.0 Å². The summed E-state index contributed by atoms with van der Waals surface area (Å²) in [5, 5.41) is 3.31. The van der Waals surface area contributed by atoms with Gasteiger partial charge in [0.15, 0.2) is 15.8 Å². The second-order valence-electron chi connectivity index (χ2n) is 7.48. The molecule has 0 aliphatic carbocycles. The molecule has 0 atom stereocenters. The van der Waals surface area contributed by atoms with Gasteiger partial charge in [-0.15, -0.1) is 24.0 Å². The van der Waals surface area contributed by atoms with Gasteiger partial charge in [0.1, 0.15) is 0 Å². The summed E-state index contributed by atoms with van der Waals surface area (Å²) in [6.45, 7) is 12.3. The van der Waals surface area contributed by atoms with Crippen LogP contribution < -0.4 is 5.32 Å². The van der Waals surface area contributed by atoms with Crippen molar-refractivity contribution in [1.29, 1.82) is 0 Å². The predicted molar refractivity (Wildman–Crippen MR) is 120 cm³/mol. The van der Waals surface area contributed by atoms with Gasteiger partial charge in [0, 0.05) is 26.2 Å². The summed E-state index contributed by atoms with van der Waals surface area (Å²) >= 11 is 0. The number of rotatable bonds is 4. The third-order valence-corrected chi connectivity index (χ3v) is 7.15. The number of aliphatic imine (C=N–C) groups is 1. The summed E-state index contributed by atoms with van der Waals surface area (Å²) in [5.74, 6) is 0.997. The highest BCUT2D eigenvalue weighted by Crippen LogP contribution is 2.23. The van der Waals surface area contributed by atoms with Crippen molar-refractivity contribution in [3.63, 3.8) is 0 Å². The average Bonchev–Trinajstić information content (AvgIpc) is 2.48. The van der Waals surface area contributed by atoms with Crippen molar-refractivity contribution in [2.45, 2.75) is 45.8 Å². The van der Waals surface area contributed by atoms with Gasteiger partial charge >= 0.3 is 0 Å². The van der Waals surface area contributed by atoms with Gasteiger partial charge in [0.2, 0.25) is 0 Å². The molecule has 0 saturated carbocycles.